The number of anilines is 1. The molecule has 6 heteroatoms. The number of aromatic carboxylic acids is 1. The van der Waals surface area contributed by atoms with Gasteiger partial charge in [-0.3, -0.25) is 4.79 Å². The lowest BCUT2D eigenvalue weighted by atomic mass is 10.0. The van der Waals surface area contributed by atoms with Gasteiger partial charge >= 0.3 is 5.97 Å². The first kappa shape index (κ1) is 14.2. The summed E-state index contributed by atoms with van der Waals surface area (Å²) in [5.74, 6) is -1.40. The quantitative estimate of drug-likeness (QED) is 0.910. The summed E-state index contributed by atoms with van der Waals surface area (Å²) in [5, 5.41) is 12.7. The Bertz CT molecular complexity index is 692. The summed E-state index contributed by atoms with van der Waals surface area (Å²) in [6, 6.07) is 3.38. The largest absolute Gasteiger partial charge is 0.478 e. The predicted molar refractivity (Wildman–Crippen MR) is 77.7 cm³/mol. The van der Waals surface area contributed by atoms with E-state index in [1.807, 2.05) is 13.0 Å². The number of carbonyl (C=O) groups is 2. The van der Waals surface area contributed by atoms with Gasteiger partial charge in [0.25, 0.3) is 5.91 Å². The maximum atomic E-state index is 12.1. The maximum absolute atomic E-state index is 12.1. The molecule has 1 heterocycles. The Kier molecular flexibility index (Phi) is 3.85. The van der Waals surface area contributed by atoms with Crippen LogP contribution in [-0.2, 0) is 0 Å². The van der Waals surface area contributed by atoms with Crippen molar-refractivity contribution in [1.82, 2.24) is 4.98 Å². The first-order valence-electron chi connectivity index (χ1n) is 5.97. The molecule has 0 saturated heterocycles. The SMILES string of the molecule is Cc1cc(C)c(NC(=O)c2cnc(C)s2)c(C(=O)O)c1. The normalized spacial score (nSPS) is 10.3. The Balaban J connectivity index is 2.38. The minimum Gasteiger partial charge on any atom is -0.478 e. The van der Waals surface area contributed by atoms with Gasteiger partial charge in [0.2, 0.25) is 0 Å². The van der Waals surface area contributed by atoms with Gasteiger partial charge in [0, 0.05) is 0 Å². The molecule has 2 aromatic rings. The van der Waals surface area contributed by atoms with Gasteiger partial charge in [-0.05, 0) is 38.0 Å². The van der Waals surface area contributed by atoms with Crippen molar-refractivity contribution in [2.45, 2.75) is 20.8 Å². The Morgan fingerprint density at radius 1 is 1.25 bits per heavy atom. The van der Waals surface area contributed by atoms with Crippen LogP contribution >= 0.6 is 11.3 Å². The zero-order valence-corrected chi connectivity index (χ0v) is 12.2. The van der Waals surface area contributed by atoms with Crippen LogP contribution in [0.3, 0.4) is 0 Å². The summed E-state index contributed by atoms with van der Waals surface area (Å²) in [6.07, 6.45) is 1.49. The molecule has 1 amide bonds. The molecule has 0 aliphatic heterocycles. The summed E-state index contributed by atoms with van der Waals surface area (Å²) >= 11 is 1.27. The van der Waals surface area contributed by atoms with Gasteiger partial charge in [0.1, 0.15) is 4.88 Å². The van der Waals surface area contributed by atoms with Gasteiger partial charge in [0.05, 0.1) is 22.5 Å². The number of hydrogen-bond acceptors (Lipinski definition) is 4. The fourth-order valence-electron chi connectivity index (χ4n) is 1.94. The molecule has 0 aliphatic carbocycles. The summed E-state index contributed by atoms with van der Waals surface area (Å²) in [6.45, 7) is 5.39. The average molecular weight is 290 g/mol. The van der Waals surface area contributed by atoms with Crippen LogP contribution in [-0.4, -0.2) is 22.0 Å². The highest BCUT2D eigenvalue weighted by atomic mass is 32.1. The van der Waals surface area contributed by atoms with Crippen LogP contribution < -0.4 is 5.32 Å². The lowest BCUT2D eigenvalue weighted by Gasteiger charge is -2.12. The highest BCUT2D eigenvalue weighted by molar-refractivity contribution is 7.13. The molecule has 20 heavy (non-hydrogen) atoms. The van der Waals surface area contributed by atoms with E-state index in [-0.39, 0.29) is 11.5 Å². The molecule has 2 N–H and O–H groups in total. The Hall–Kier alpha value is -2.21. The van der Waals surface area contributed by atoms with Crippen LogP contribution in [0.5, 0.6) is 0 Å². The number of amides is 1. The lowest BCUT2D eigenvalue weighted by molar-refractivity contribution is 0.0698. The van der Waals surface area contributed by atoms with E-state index >= 15 is 0 Å². The molecule has 1 aromatic carbocycles. The first-order valence-corrected chi connectivity index (χ1v) is 6.78. The fraction of sp³-hybridized carbons (Fsp3) is 0.214. The maximum Gasteiger partial charge on any atom is 0.337 e. The molecule has 0 saturated carbocycles. The van der Waals surface area contributed by atoms with Crippen LogP contribution in [0, 0.1) is 20.8 Å². The highest BCUT2D eigenvalue weighted by Crippen LogP contribution is 2.24. The number of hydrogen-bond donors (Lipinski definition) is 2. The van der Waals surface area contributed by atoms with Gasteiger partial charge < -0.3 is 10.4 Å². The molecule has 0 unspecified atom stereocenters. The third kappa shape index (κ3) is 2.85. The topological polar surface area (TPSA) is 79.3 Å². The predicted octanol–water partition coefficient (Wildman–Crippen LogP) is 3.02. The van der Waals surface area contributed by atoms with Crippen molar-refractivity contribution in [2.75, 3.05) is 5.32 Å². The fourth-order valence-corrected chi connectivity index (χ4v) is 2.62. The van der Waals surface area contributed by atoms with E-state index in [1.54, 1.807) is 19.9 Å². The van der Waals surface area contributed by atoms with Crippen molar-refractivity contribution in [3.8, 4) is 0 Å². The number of nitrogens with zero attached hydrogens (tertiary/aromatic N) is 1. The highest BCUT2D eigenvalue weighted by Gasteiger charge is 2.17. The molecule has 5 nitrogen and oxygen atoms in total. The molecule has 1 aromatic heterocycles. The zero-order valence-electron chi connectivity index (χ0n) is 11.4. The summed E-state index contributed by atoms with van der Waals surface area (Å²) < 4.78 is 0. The number of nitrogens with one attached hydrogen (secondary N) is 1. The number of aromatic nitrogens is 1. The number of carbonyl (C=O) groups excluding carboxylic acids is 1. The van der Waals surface area contributed by atoms with Gasteiger partial charge in [-0.1, -0.05) is 6.07 Å². The second-order valence-electron chi connectivity index (χ2n) is 4.51. The second-order valence-corrected chi connectivity index (χ2v) is 5.74. The van der Waals surface area contributed by atoms with Gasteiger partial charge in [0.15, 0.2) is 0 Å². The van der Waals surface area contributed by atoms with Crippen LogP contribution in [0.15, 0.2) is 18.3 Å². The van der Waals surface area contributed by atoms with Crippen molar-refractivity contribution in [3.63, 3.8) is 0 Å². The Morgan fingerprint density at radius 2 is 1.95 bits per heavy atom. The smallest absolute Gasteiger partial charge is 0.337 e. The van der Waals surface area contributed by atoms with Crippen LogP contribution in [0.4, 0.5) is 5.69 Å². The van der Waals surface area contributed by atoms with Crippen LogP contribution in [0.1, 0.15) is 36.2 Å². The molecule has 104 valence electrons. The van der Waals surface area contributed by atoms with Gasteiger partial charge in [-0.15, -0.1) is 11.3 Å². The molecular formula is C14H14N2O3S. The third-order valence-corrected chi connectivity index (χ3v) is 3.71. The zero-order chi connectivity index (χ0) is 14.9. The minimum atomic E-state index is -1.06. The van der Waals surface area contributed by atoms with E-state index in [0.29, 0.717) is 10.6 Å². The van der Waals surface area contributed by atoms with E-state index < -0.39 is 5.97 Å². The van der Waals surface area contributed by atoms with Crippen LogP contribution in [0.25, 0.3) is 0 Å². The Labute approximate surface area is 120 Å². The Morgan fingerprint density at radius 3 is 2.50 bits per heavy atom. The molecule has 0 atom stereocenters. The number of benzene rings is 1. The molecule has 2 rings (SSSR count). The third-order valence-electron chi connectivity index (χ3n) is 2.79. The number of carboxylic acid groups (broad SMARTS) is 1. The molecule has 0 aliphatic rings. The summed E-state index contributed by atoms with van der Waals surface area (Å²) in [7, 11) is 0. The molecule has 0 bridgehead atoms. The van der Waals surface area contributed by atoms with Crippen molar-refractivity contribution in [3.05, 3.63) is 44.9 Å². The van der Waals surface area contributed by atoms with E-state index in [0.717, 1.165) is 16.1 Å². The van der Waals surface area contributed by atoms with Crippen LogP contribution in [0.2, 0.25) is 0 Å². The van der Waals surface area contributed by atoms with E-state index in [4.69, 9.17) is 0 Å². The molecule has 0 spiro atoms. The van der Waals surface area contributed by atoms with Crippen molar-refractivity contribution < 1.29 is 14.7 Å². The second kappa shape index (κ2) is 5.42. The average Bonchev–Trinajstić information content (AvgIpc) is 2.78. The van der Waals surface area contributed by atoms with E-state index in [1.165, 1.54) is 17.5 Å². The minimum absolute atomic E-state index is 0.0945. The summed E-state index contributed by atoms with van der Waals surface area (Å²) in [5.41, 5.74) is 1.99. The number of thiazole rings is 1. The van der Waals surface area contributed by atoms with Gasteiger partial charge in [-0.2, -0.15) is 0 Å². The van der Waals surface area contributed by atoms with Crippen molar-refractivity contribution in [2.24, 2.45) is 0 Å². The molecule has 0 radical (unpaired) electrons. The van der Waals surface area contributed by atoms with Crippen molar-refractivity contribution >= 4 is 28.9 Å². The molecular weight excluding hydrogens is 276 g/mol. The van der Waals surface area contributed by atoms with Crippen molar-refractivity contribution in [1.29, 1.82) is 0 Å². The lowest BCUT2D eigenvalue weighted by Crippen LogP contribution is -2.15. The number of carboxylic acids is 1. The monoisotopic (exact) mass is 290 g/mol. The standard InChI is InChI=1S/C14H14N2O3S/c1-7-4-8(2)12(10(5-7)14(18)19)16-13(17)11-6-15-9(3)20-11/h4-6H,1-3H3,(H,16,17)(H,18,19). The summed E-state index contributed by atoms with van der Waals surface area (Å²) in [4.78, 5) is 27.9. The first-order chi connectivity index (χ1) is 9.38. The van der Waals surface area contributed by atoms with E-state index in [9.17, 15) is 14.7 Å². The number of rotatable bonds is 3. The number of aryl methyl sites for hydroxylation is 3. The van der Waals surface area contributed by atoms with E-state index in [2.05, 4.69) is 10.3 Å². The molecule has 0 fully saturated rings. The van der Waals surface area contributed by atoms with Gasteiger partial charge in [-0.25, -0.2) is 9.78 Å².